The Morgan fingerprint density at radius 2 is 2.18 bits per heavy atom. The van der Waals surface area contributed by atoms with E-state index < -0.39 is 0 Å². The van der Waals surface area contributed by atoms with Crippen molar-refractivity contribution in [1.82, 2.24) is 15.4 Å². The molecule has 4 heteroatoms. The molecule has 0 atom stereocenters. The summed E-state index contributed by atoms with van der Waals surface area (Å²) in [7, 11) is 0. The smallest absolute Gasteiger partial charge is 0.191 e. The Morgan fingerprint density at radius 1 is 1.36 bits per heavy atom. The SMILES string of the molecule is Cc1noc2c(C)cnnc12. The molecule has 56 valence electrons. The van der Waals surface area contributed by atoms with Crippen LogP contribution in [0.3, 0.4) is 0 Å². The van der Waals surface area contributed by atoms with E-state index in [0.29, 0.717) is 0 Å². The second kappa shape index (κ2) is 2.02. The number of fused-ring (bicyclic) bond motifs is 1. The third-order valence-corrected chi connectivity index (χ3v) is 1.60. The van der Waals surface area contributed by atoms with Gasteiger partial charge in [0.2, 0.25) is 0 Å². The van der Waals surface area contributed by atoms with Crippen molar-refractivity contribution in [2.24, 2.45) is 0 Å². The van der Waals surface area contributed by atoms with Gasteiger partial charge < -0.3 is 4.52 Å². The average molecular weight is 149 g/mol. The largest absolute Gasteiger partial charge is 0.354 e. The monoisotopic (exact) mass is 149 g/mol. The Kier molecular flexibility index (Phi) is 1.15. The highest BCUT2D eigenvalue weighted by atomic mass is 16.5. The Morgan fingerprint density at radius 3 is 2.91 bits per heavy atom. The van der Waals surface area contributed by atoms with Gasteiger partial charge in [-0.2, -0.15) is 5.10 Å². The van der Waals surface area contributed by atoms with E-state index in [1.165, 1.54) is 0 Å². The van der Waals surface area contributed by atoms with Crippen molar-refractivity contribution >= 4 is 11.1 Å². The molecule has 2 rings (SSSR count). The molecule has 0 aromatic carbocycles. The lowest BCUT2D eigenvalue weighted by Crippen LogP contribution is -1.83. The average Bonchev–Trinajstić information content (AvgIpc) is 2.35. The second-order valence-electron chi connectivity index (χ2n) is 2.47. The molecule has 11 heavy (non-hydrogen) atoms. The van der Waals surface area contributed by atoms with Crippen LogP contribution in [0.5, 0.6) is 0 Å². The number of hydrogen-bond donors (Lipinski definition) is 0. The van der Waals surface area contributed by atoms with Crippen LogP contribution < -0.4 is 0 Å². The molecule has 0 amide bonds. The first-order valence-electron chi connectivity index (χ1n) is 3.33. The summed E-state index contributed by atoms with van der Waals surface area (Å²) in [6, 6.07) is 0. The maximum absolute atomic E-state index is 5.03. The minimum atomic E-state index is 0.734. The van der Waals surface area contributed by atoms with Gasteiger partial charge in [-0.15, -0.1) is 5.10 Å². The van der Waals surface area contributed by atoms with Crippen LogP contribution in [-0.4, -0.2) is 15.4 Å². The molecule has 0 radical (unpaired) electrons. The summed E-state index contributed by atoms with van der Waals surface area (Å²) in [5, 5.41) is 11.5. The highest BCUT2D eigenvalue weighted by Crippen LogP contribution is 2.16. The minimum Gasteiger partial charge on any atom is -0.354 e. The fraction of sp³-hybridized carbons (Fsp3) is 0.286. The van der Waals surface area contributed by atoms with Gasteiger partial charge >= 0.3 is 0 Å². The Labute approximate surface area is 63.2 Å². The van der Waals surface area contributed by atoms with Crippen LogP contribution in [0.1, 0.15) is 11.3 Å². The number of nitrogens with zero attached hydrogens (tertiary/aromatic N) is 3. The number of aromatic nitrogens is 3. The van der Waals surface area contributed by atoms with Crippen molar-refractivity contribution in [2.45, 2.75) is 13.8 Å². The molecule has 2 aromatic heterocycles. The second-order valence-corrected chi connectivity index (χ2v) is 2.47. The van der Waals surface area contributed by atoms with Gasteiger partial charge in [0, 0.05) is 5.56 Å². The van der Waals surface area contributed by atoms with Crippen molar-refractivity contribution in [1.29, 1.82) is 0 Å². The standard InChI is InChI=1S/C7H7N3O/c1-4-3-8-9-6-5(2)10-11-7(4)6/h3H,1-2H3. The fourth-order valence-corrected chi connectivity index (χ4v) is 0.973. The zero-order valence-corrected chi connectivity index (χ0v) is 6.33. The summed E-state index contributed by atoms with van der Waals surface area (Å²) in [5.41, 5.74) is 3.24. The lowest BCUT2D eigenvalue weighted by molar-refractivity contribution is 0.448. The minimum absolute atomic E-state index is 0.734. The van der Waals surface area contributed by atoms with E-state index in [9.17, 15) is 0 Å². The molecule has 0 N–H and O–H groups in total. The molecule has 0 aliphatic carbocycles. The zero-order valence-electron chi connectivity index (χ0n) is 6.33. The molecule has 0 saturated heterocycles. The summed E-state index contributed by atoms with van der Waals surface area (Å²) in [4.78, 5) is 0. The van der Waals surface area contributed by atoms with Crippen LogP contribution in [0.15, 0.2) is 10.7 Å². The molecular formula is C7H7N3O. The van der Waals surface area contributed by atoms with Crippen molar-refractivity contribution < 1.29 is 4.52 Å². The van der Waals surface area contributed by atoms with Crippen LogP contribution in [0.25, 0.3) is 11.1 Å². The normalized spacial score (nSPS) is 10.7. The van der Waals surface area contributed by atoms with E-state index in [4.69, 9.17) is 4.52 Å². The molecule has 2 aromatic rings. The molecule has 2 heterocycles. The van der Waals surface area contributed by atoms with Gasteiger partial charge in [0.15, 0.2) is 11.1 Å². The lowest BCUT2D eigenvalue weighted by Gasteiger charge is -1.87. The van der Waals surface area contributed by atoms with Crippen molar-refractivity contribution in [3.8, 4) is 0 Å². The topological polar surface area (TPSA) is 51.8 Å². The van der Waals surface area contributed by atoms with Crippen molar-refractivity contribution in [3.63, 3.8) is 0 Å². The molecule has 0 aliphatic rings. The predicted octanol–water partition coefficient (Wildman–Crippen LogP) is 1.23. The van der Waals surface area contributed by atoms with Crippen LogP contribution >= 0.6 is 0 Å². The third-order valence-electron chi connectivity index (χ3n) is 1.60. The summed E-state index contributed by atoms with van der Waals surface area (Å²) >= 11 is 0. The van der Waals surface area contributed by atoms with E-state index >= 15 is 0 Å². The molecule has 4 nitrogen and oxygen atoms in total. The van der Waals surface area contributed by atoms with Gasteiger partial charge in [-0.05, 0) is 13.8 Å². The number of hydrogen-bond acceptors (Lipinski definition) is 4. The lowest BCUT2D eigenvalue weighted by atomic mass is 10.3. The van der Waals surface area contributed by atoms with Crippen molar-refractivity contribution in [3.05, 3.63) is 17.5 Å². The van der Waals surface area contributed by atoms with E-state index in [2.05, 4.69) is 15.4 Å². The first-order valence-corrected chi connectivity index (χ1v) is 3.33. The number of aryl methyl sites for hydroxylation is 2. The maximum Gasteiger partial charge on any atom is 0.191 e. The quantitative estimate of drug-likeness (QED) is 0.565. The summed E-state index contributed by atoms with van der Waals surface area (Å²) < 4.78 is 5.03. The maximum atomic E-state index is 5.03. The summed E-state index contributed by atoms with van der Waals surface area (Å²) in [5.74, 6) is 0. The first-order chi connectivity index (χ1) is 5.29. The third kappa shape index (κ3) is 0.790. The van der Waals surface area contributed by atoms with E-state index in [1.54, 1.807) is 6.20 Å². The van der Waals surface area contributed by atoms with Gasteiger partial charge in [-0.3, -0.25) is 0 Å². The molecule has 0 bridgehead atoms. The van der Waals surface area contributed by atoms with E-state index in [-0.39, 0.29) is 0 Å². The Hall–Kier alpha value is -1.45. The van der Waals surface area contributed by atoms with E-state index in [1.807, 2.05) is 13.8 Å². The van der Waals surface area contributed by atoms with Crippen LogP contribution in [0.4, 0.5) is 0 Å². The molecular weight excluding hydrogens is 142 g/mol. The highest BCUT2D eigenvalue weighted by molar-refractivity contribution is 5.76. The van der Waals surface area contributed by atoms with Gasteiger partial charge in [-0.1, -0.05) is 5.16 Å². The number of rotatable bonds is 0. The van der Waals surface area contributed by atoms with Crippen LogP contribution in [0, 0.1) is 13.8 Å². The van der Waals surface area contributed by atoms with Crippen LogP contribution in [-0.2, 0) is 0 Å². The van der Waals surface area contributed by atoms with Gasteiger partial charge in [0.1, 0.15) is 5.69 Å². The molecule has 0 spiro atoms. The Bertz CT molecular complexity index is 393. The summed E-state index contributed by atoms with van der Waals surface area (Å²) in [6.45, 7) is 3.77. The Balaban J connectivity index is 2.94. The van der Waals surface area contributed by atoms with Gasteiger partial charge in [0.25, 0.3) is 0 Å². The fourth-order valence-electron chi connectivity index (χ4n) is 0.973. The van der Waals surface area contributed by atoms with Crippen molar-refractivity contribution in [2.75, 3.05) is 0 Å². The predicted molar refractivity (Wildman–Crippen MR) is 39.1 cm³/mol. The molecule has 0 unspecified atom stereocenters. The van der Waals surface area contributed by atoms with Gasteiger partial charge in [0.05, 0.1) is 6.20 Å². The summed E-state index contributed by atoms with van der Waals surface area (Å²) in [6.07, 6.45) is 1.66. The molecule has 0 fully saturated rings. The zero-order chi connectivity index (χ0) is 7.84. The van der Waals surface area contributed by atoms with E-state index in [0.717, 1.165) is 22.4 Å². The molecule has 0 saturated carbocycles. The highest BCUT2D eigenvalue weighted by Gasteiger charge is 2.06. The van der Waals surface area contributed by atoms with Crippen LogP contribution in [0.2, 0.25) is 0 Å². The van der Waals surface area contributed by atoms with Gasteiger partial charge in [-0.25, -0.2) is 0 Å². The first kappa shape index (κ1) is 6.27. The molecule has 0 aliphatic heterocycles.